The van der Waals surface area contributed by atoms with Crippen LogP contribution in [0.2, 0.25) is 0 Å². The third-order valence-corrected chi connectivity index (χ3v) is 4.22. The molecule has 0 bridgehead atoms. The molecule has 1 aromatic heterocycles. The number of hydrogen-bond acceptors (Lipinski definition) is 5. The normalized spacial score (nSPS) is 17.9. The van der Waals surface area contributed by atoms with Crippen LogP contribution in [0.4, 0.5) is 5.82 Å². The monoisotopic (exact) mass is 266 g/mol. The van der Waals surface area contributed by atoms with Crippen LogP contribution in [-0.2, 0) is 0 Å². The van der Waals surface area contributed by atoms with Crippen molar-refractivity contribution >= 4 is 17.6 Å². The average molecular weight is 266 g/mol. The van der Waals surface area contributed by atoms with E-state index in [4.69, 9.17) is 0 Å². The smallest absolute Gasteiger partial charge is 0.130 e. The van der Waals surface area contributed by atoms with Gasteiger partial charge in [-0.25, -0.2) is 9.97 Å². The fourth-order valence-electron chi connectivity index (χ4n) is 2.30. The van der Waals surface area contributed by atoms with Crippen LogP contribution >= 0.6 is 11.8 Å². The minimum Gasteiger partial charge on any atom is -0.370 e. The van der Waals surface area contributed by atoms with Gasteiger partial charge >= 0.3 is 0 Å². The number of anilines is 1. The van der Waals surface area contributed by atoms with Crippen molar-refractivity contribution in [3.05, 3.63) is 12.4 Å². The highest BCUT2D eigenvalue weighted by Crippen LogP contribution is 2.18. The largest absolute Gasteiger partial charge is 0.370 e. The number of aromatic nitrogens is 2. The van der Waals surface area contributed by atoms with Gasteiger partial charge in [0, 0.05) is 12.6 Å². The second-order valence-electron chi connectivity index (χ2n) is 4.70. The summed E-state index contributed by atoms with van der Waals surface area (Å²) in [7, 11) is 0. The molecule has 1 N–H and O–H groups in total. The zero-order chi connectivity index (χ0) is 12.8. The summed E-state index contributed by atoms with van der Waals surface area (Å²) in [5.41, 5.74) is 0. The molecule has 5 heteroatoms. The number of rotatable bonds is 5. The molecule has 0 spiro atoms. The van der Waals surface area contributed by atoms with Gasteiger partial charge in [-0.15, -0.1) is 11.8 Å². The maximum absolute atomic E-state index is 4.26. The SMILES string of the molecule is CCN1CCC(CNc2cc(SC)ncn2)CC1. The van der Waals surface area contributed by atoms with Gasteiger partial charge in [-0.1, -0.05) is 6.92 Å². The first-order valence-corrected chi connectivity index (χ1v) is 7.86. The van der Waals surface area contributed by atoms with E-state index >= 15 is 0 Å². The summed E-state index contributed by atoms with van der Waals surface area (Å²) in [6.07, 6.45) is 6.25. The van der Waals surface area contributed by atoms with Gasteiger partial charge in [0.05, 0.1) is 0 Å². The van der Waals surface area contributed by atoms with E-state index in [0.29, 0.717) is 0 Å². The molecule has 0 aromatic carbocycles. The van der Waals surface area contributed by atoms with E-state index in [2.05, 4.69) is 27.1 Å². The lowest BCUT2D eigenvalue weighted by atomic mass is 9.97. The predicted molar refractivity (Wildman–Crippen MR) is 77.1 cm³/mol. The van der Waals surface area contributed by atoms with Crippen LogP contribution in [-0.4, -0.2) is 47.3 Å². The Morgan fingerprint density at radius 2 is 2.17 bits per heavy atom. The molecule has 1 aromatic rings. The highest BCUT2D eigenvalue weighted by molar-refractivity contribution is 7.98. The van der Waals surface area contributed by atoms with Crippen LogP contribution < -0.4 is 5.32 Å². The number of nitrogens with one attached hydrogen (secondary N) is 1. The summed E-state index contributed by atoms with van der Waals surface area (Å²) >= 11 is 1.65. The van der Waals surface area contributed by atoms with Crippen molar-refractivity contribution in [3.8, 4) is 0 Å². The van der Waals surface area contributed by atoms with E-state index in [1.54, 1.807) is 18.1 Å². The molecular weight excluding hydrogens is 244 g/mol. The quantitative estimate of drug-likeness (QED) is 0.654. The molecule has 0 aliphatic carbocycles. The van der Waals surface area contributed by atoms with Crippen LogP contribution in [0.1, 0.15) is 19.8 Å². The minimum atomic E-state index is 0.778. The van der Waals surface area contributed by atoms with Crippen LogP contribution in [0, 0.1) is 5.92 Å². The first kappa shape index (κ1) is 13.6. The van der Waals surface area contributed by atoms with Crippen molar-refractivity contribution in [2.24, 2.45) is 5.92 Å². The molecule has 1 aliphatic heterocycles. The third kappa shape index (κ3) is 3.85. The zero-order valence-corrected chi connectivity index (χ0v) is 12.0. The summed E-state index contributed by atoms with van der Waals surface area (Å²) in [5.74, 6) is 1.73. The Balaban J connectivity index is 1.77. The Hall–Kier alpha value is -0.810. The van der Waals surface area contributed by atoms with E-state index in [-0.39, 0.29) is 0 Å². The highest BCUT2D eigenvalue weighted by Gasteiger charge is 2.17. The van der Waals surface area contributed by atoms with Gasteiger partial charge in [0.1, 0.15) is 17.2 Å². The van der Waals surface area contributed by atoms with Crippen molar-refractivity contribution in [2.75, 3.05) is 37.8 Å². The van der Waals surface area contributed by atoms with Gasteiger partial charge in [-0.2, -0.15) is 0 Å². The topological polar surface area (TPSA) is 41.0 Å². The van der Waals surface area contributed by atoms with Crippen LogP contribution in [0.3, 0.4) is 0 Å². The lowest BCUT2D eigenvalue weighted by Crippen LogP contribution is -2.35. The molecule has 2 rings (SSSR count). The van der Waals surface area contributed by atoms with Crippen molar-refractivity contribution in [1.29, 1.82) is 0 Å². The van der Waals surface area contributed by atoms with E-state index in [0.717, 1.165) is 23.3 Å². The fraction of sp³-hybridized carbons (Fsp3) is 0.692. The molecule has 1 fully saturated rings. The van der Waals surface area contributed by atoms with Gasteiger partial charge in [0.25, 0.3) is 0 Å². The van der Waals surface area contributed by atoms with Crippen molar-refractivity contribution < 1.29 is 0 Å². The number of thioether (sulfide) groups is 1. The Kier molecular flexibility index (Phi) is 5.26. The average Bonchev–Trinajstić information content (AvgIpc) is 2.46. The summed E-state index contributed by atoms with van der Waals surface area (Å²) < 4.78 is 0. The maximum atomic E-state index is 4.26. The highest BCUT2D eigenvalue weighted by atomic mass is 32.2. The zero-order valence-electron chi connectivity index (χ0n) is 11.2. The summed E-state index contributed by atoms with van der Waals surface area (Å²) in [4.78, 5) is 11.0. The van der Waals surface area contributed by atoms with Gasteiger partial charge in [-0.05, 0) is 44.6 Å². The standard InChI is InChI=1S/C13H22N4S/c1-3-17-6-4-11(5-7-17)9-14-12-8-13(18-2)16-10-15-12/h8,10-11H,3-7,9H2,1-2H3,(H,14,15,16). The Morgan fingerprint density at radius 3 is 2.83 bits per heavy atom. The van der Waals surface area contributed by atoms with E-state index in [1.165, 1.54) is 32.5 Å². The molecule has 1 aliphatic rings. The Bertz CT molecular complexity index is 364. The van der Waals surface area contributed by atoms with Crippen LogP contribution in [0.25, 0.3) is 0 Å². The summed E-state index contributed by atoms with van der Waals surface area (Å²) in [6, 6.07) is 2.02. The molecular formula is C13H22N4S. The van der Waals surface area contributed by atoms with Gasteiger partial charge in [-0.3, -0.25) is 0 Å². The number of likely N-dealkylation sites (tertiary alicyclic amines) is 1. The van der Waals surface area contributed by atoms with Crippen molar-refractivity contribution in [2.45, 2.75) is 24.8 Å². The first-order valence-electron chi connectivity index (χ1n) is 6.64. The lowest BCUT2D eigenvalue weighted by Gasteiger charge is -2.31. The number of piperidine rings is 1. The summed E-state index contributed by atoms with van der Waals surface area (Å²) in [5, 5.41) is 4.46. The fourth-order valence-corrected chi connectivity index (χ4v) is 2.69. The predicted octanol–water partition coefficient (Wildman–Crippen LogP) is 2.34. The molecule has 0 saturated carbocycles. The van der Waals surface area contributed by atoms with Crippen molar-refractivity contribution in [3.63, 3.8) is 0 Å². The lowest BCUT2D eigenvalue weighted by molar-refractivity contribution is 0.198. The second-order valence-corrected chi connectivity index (χ2v) is 5.53. The van der Waals surface area contributed by atoms with E-state index < -0.39 is 0 Å². The molecule has 2 heterocycles. The third-order valence-electron chi connectivity index (χ3n) is 3.58. The van der Waals surface area contributed by atoms with Gasteiger partial charge in [0.2, 0.25) is 0 Å². The maximum Gasteiger partial charge on any atom is 0.130 e. The van der Waals surface area contributed by atoms with Gasteiger partial charge < -0.3 is 10.2 Å². The molecule has 1 saturated heterocycles. The molecule has 4 nitrogen and oxygen atoms in total. The molecule has 0 atom stereocenters. The van der Waals surface area contributed by atoms with Crippen molar-refractivity contribution in [1.82, 2.24) is 14.9 Å². The van der Waals surface area contributed by atoms with Gasteiger partial charge in [0.15, 0.2) is 0 Å². The number of hydrogen-bond donors (Lipinski definition) is 1. The molecule has 0 amide bonds. The summed E-state index contributed by atoms with van der Waals surface area (Å²) in [6.45, 7) is 6.93. The first-order chi connectivity index (χ1) is 8.81. The molecule has 18 heavy (non-hydrogen) atoms. The Labute approximate surface area is 114 Å². The molecule has 100 valence electrons. The van der Waals surface area contributed by atoms with E-state index in [9.17, 15) is 0 Å². The second kappa shape index (κ2) is 6.95. The Morgan fingerprint density at radius 1 is 1.39 bits per heavy atom. The van der Waals surface area contributed by atoms with E-state index in [1.807, 2.05) is 12.3 Å². The minimum absolute atomic E-state index is 0.778. The molecule has 0 radical (unpaired) electrons. The molecule has 0 unspecified atom stereocenters. The number of nitrogens with zero attached hydrogens (tertiary/aromatic N) is 3. The van der Waals surface area contributed by atoms with Crippen LogP contribution in [0.15, 0.2) is 17.4 Å². The van der Waals surface area contributed by atoms with Crippen LogP contribution in [0.5, 0.6) is 0 Å².